The lowest BCUT2D eigenvalue weighted by Gasteiger charge is -2.14. The average Bonchev–Trinajstić information content (AvgIpc) is 2.68. The number of hydrogen-bond acceptors (Lipinski definition) is 5. The fourth-order valence-corrected chi connectivity index (χ4v) is 2.66. The van der Waals surface area contributed by atoms with Crippen molar-refractivity contribution < 1.29 is 23.7 Å². The van der Waals surface area contributed by atoms with Gasteiger partial charge in [0, 0.05) is 17.7 Å². The first-order valence-corrected chi connectivity index (χ1v) is 8.52. The van der Waals surface area contributed by atoms with Gasteiger partial charge >= 0.3 is 0 Å². The third-order valence-corrected chi connectivity index (χ3v) is 4.03. The van der Waals surface area contributed by atoms with Crippen molar-refractivity contribution in [1.82, 2.24) is 0 Å². The lowest BCUT2D eigenvalue weighted by Crippen LogP contribution is -2.21. The predicted octanol–water partition coefficient (Wildman–Crippen LogP) is 4.11. The minimum Gasteiger partial charge on any atom is -0.497 e. The van der Waals surface area contributed by atoms with Crippen LogP contribution in [-0.4, -0.2) is 33.8 Å². The van der Waals surface area contributed by atoms with Crippen LogP contribution in [0.2, 0.25) is 5.02 Å². The summed E-state index contributed by atoms with van der Waals surface area (Å²) in [5.74, 6) is 1.80. The van der Waals surface area contributed by atoms with E-state index < -0.39 is 0 Å². The first kappa shape index (κ1) is 20.5. The van der Waals surface area contributed by atoms with Crippen LogP contribution in [0.25, 0.3) is 0 Å². The number of halogens is 1. The fraction of sp³-hybridized carbons (Fsp3) is 0.250. The number of amides is 1. The lowest BCUT2D eigenvalue weighted by atomic mass is 10.1. The number of carbonyl (C=O) groups excluding carboxylic acids is 1. The first-order valence-electron chi connectivity index (χ1n) is 8.14. The molecular weight excluding hydrogens is 370 g/mol. The summed E-state index contributed by atoms with van der Waals surface area (Å²) < 4.78 is 21.3. The molecule has 6 nitrogen and oxygen atoms in total. The molecular formula is C20H22ClNO5. The van der Waals surface area contributed by atoms with Crippen LogP contribution in [0.3, 0.4) is 0 Å². The van der Waals surface area contributed by atoms with Crippen LogP contribution in [0, 0.1) is 0 Å². The minimum absolute atomic E-state index is 0.176. The molecule has 0 aliphatic rings. The van der Waals surface area contributed by atoms with Crippen molar-refractivity contribution in [3.05, 3.63) is 53.6 Å². The molecule has 0 saturated heterocycles. The molecule has 1 amide bonds. The molecule has 0 heterocycles. The molecule has 0 radical (unpaired) electrons. The monoisotopic (exact) mass is 391 g/mol. The number of anilines is 1. The van der Waals surface area contributed by atoms with E-state index in [0.29, 0.717) is 40.1 Å². The SMILES string of the molecule is C=CCc1cc(OC)ccc1OCC(=O)Nc1cc(OC)c(Cl)cc1OC. The molecule has 7 heteroatoms. The Bertz CT molecular complexity index is 822. The van der Waals surface area contributed by atoms with Crippen molar-refractivity contribution in [3.8, 4) is 23.0 Å². The molecule has 2 rings (SSSR count). The van der Waals surface area contributed by atoms with Crippen molar-refractivity contribution in [2.24, 2.45) is 0 Å². The molecule has 2 aromatic rings. The standard InChI is InChI=1S/C20H22ClNO5/c1-5-6-13-9-14(24-2)7-8-17(13)27-12-20(23)22-16-11-18(25-3)15(21)10-19(16)26-4/h5,7-11H,1,6,12H2,2-4H3,(H,22,23). The molecule has 0 atom stereocenters. The van der Waals surface area contributed by atoms with Crippen molar-refractivity contribution in [2.75, 3.05) is 33.3 Å². The van der Waals surface area contributed by atoms with Gasteiger partial charge in [-0.25, -0.2) is 0 Å². The molecule has 0 aromatic heterocycles. The number of rotatable bonds is 9. The van der Waals surface area contributed by atoms with Gasteiger partial charge in [-0.1, -0.05) is 17.7 Å². The Kier molecular flexibility index (Phi) is 7.37. The summed E-state index contributed by atoms with van der Waals surface area (Å²) in [4.78, 5) is 12.3. The highest BCUT2D eigenvalue weighted by Crippen LogP contribution is 2.35. The predicted molar refractivity (Wildman–Crippen MR) is 106 cm³/mol. The van der Waals surface area contributed by atoms with Gasteiger partial charge in [0.15, 0.2) is 6.61 Å². The van der Waals surface area contributed by atoms with Gasteiger partial charge in [-0.05, 0) is 24.6 Å². The highest BCUT2D eigenvalue weighted by molar-refractivity contribution is 6.32. The van der Waals surface area contributed by atoms with Crippen molar-refractivity contribution in [2.45, 2.75) is 6.42 Å². The van der Waals surface area contributed by atoms with Gasteiger partial charge in [-0.3, -0.25) is 4.79 Å². The van der Waals surface area contributed by atoms with Crippen LogP contribution in [0.5, 0.6) is 23.0 Å². The van der Waals surface area contributed by atoms with Gasteiger partial charge in [0.05, 0.1) is 32.0 Å². The van der Waals surface area contributed by atoms with E-state index in [2.05, 4.69) is 11.9 Å². The fourth-order valence-electron chi connectivity index (χ4n) is 2.43. The Hall–Kier alpha value is -2.86. The third kappa shape index (κ3) is 5.31. The highest BCUT2D eigenvalue weighted by Gasteiger charge is 2.14. The van der Waals surface area contributed by atoms with E-state index >= 15 is 0 Å². The van der Waals surface area contributed by atoms with E-state index in [0.717, 1.165) is 5.56 Å². The van der Waals surface area contributed by atoms with Gasteiger partial charge in [-0.2, -0.15) is 0 Å². The summed E-state index contributed by atoms with van der Waals surface area (Å²) in [6.45, 7) is 3.56. The third-order valence-electron chi connectivity index (χ3n) is 3.74. The van der Waals surface area contributed by atoms with Gasteiger partial charge in [0.1, 0.15) is 23.0 Å². The van der Waals surface area contributed by atoms with Crippen LogP contribution < -0.4 is 24.3 Å². The average molecular weight is 392 g/mol. The lowest BCUT2D eigenvalue weighted by molar-refractivity contribution is -0.118. The van der Waals surface area contributed by atoms with E-state index in [1.54, 1.807) is 37.5 Å². The Labute approximate surface area is 163 Å². The smallest absolute Gasteiger partial charge is 0.262 e. The van der Waals surface area contributed by atoms with Gasteiger partial charge < -0.3 is 24.3 Å². The molecule has 2 aromatic carbocycles. The Morgan fingerprint density at radius 3 is 2.44 bits per heavy atom. The number of benzene rings is 2. The second kappa shape index (κ2) is 9.73. The van der Waals surface area contributed by atoms with Gasteiger partial charge in [0.25, 0.3) is 5.91 Å². The summed E-state index contributed by atoms with van der Waals surface area (Å²) in [7, 11) is 4.57. The summed E-state index contributed by atoms with van der Waals surface area (Å²) in [5.41, 5.74) is 1.32. The highest BCUT2D eigenvalue weighted by atomic mass is 35.5. The molecule has 0 fully saturated rings. The van der Waals surface area contributed by atoms with Crippen LogP contribution in [0.15, 0.2) is 43.0 Å². The largest absolute Gasteiger partial charge is 0.497 e. The van der Waals surface area contributed by atoms with Crippen molar-refractivity contribution in [1.29, 1.82) is 0 Å². The number of hydrogen-bond donors (Lipinski definition) is 1. The van der Waals surface area contributed by atoms with Crippen LogP contribution in [-0.2, 0) is 11.2 Å². The normalized spacial score (nSPS) is 10.1. The van der Waals surface area contributed by atoms with E-state index in [1.807, 2.05) is 6.07 Å². The Morgan fingerprint density at radius 1 is 1.07 bits per heavy atom. The summed E-state index contributed by atoms with van der Waals surface area (Å²) >= 11 is 6.07. The maximum Gasteiger partial charge on any atom is 0.262 e. The van der Waals surface area contributed by atoms with Crippen LogP contribution in [0.1, 0.15) is 5.56 Å². The number of allylic oxidation sites excluding steroid dienone is 1. The first-order chi connectivity index (χ1) is 13.0. The number of ether oxygens (including phenoxy) is 4. The molecule has 0 spiro atoms. The summed E-state index contributed by atoms with van der Waals surface area (Å²) in [6, 6.07) is 8.55. The van der Waals surface area contributed by atoms with Gasteiger partial charge in [0.2, 0.25) is 0 Å². The zero-order valence-corrected chi connectivity index (χ0v) is 16.3. The maximum atomic E-state index is 12.3. The van der Waals surface area contributed by atoms with E-state index in [-0.39, 0.29) is 12.5 Å². The molecule has 0 aliphatic carbocycles. The van der Waals surface area contributed by atoms with E-state index in [1.165, 1.54) is 14.2 Å². The second-order valence-corrected chi connectivity index (χ2v) is 5.90. The molecule has 0 bridgehead atoms. The Balaban J connectivity index is 2.10. The van der Waals surface area contributed by atoms with Crippen LogP contribution in [0.4, 0.5) is 5.69 Å². The number of carbonyl (C=O) groups is 1. The molecule has 0 unspecified atom stereocenters. The maximum absolute atomic E-state index is 12.3. The second-order valence-electron chi connectivity index (χ2n) is 5.49. The Morgan fingerprint density at radius 2 is 1.81 bits per heavy atom. The topological polar surface area (TPSA) is 66.0 Å². The molecule has 144 valence electrons. The minimum atomic E-state index is -0.349. The van der Waals surface area contributed by atoms with Gasteiger partial charge in [-0.15, -0.1) is 6.58 Å². The van der Waals surface area contributed by atoms with E-state index in [9.17, 15) is 4.79 Å². The molecule has 1 N–H and O–H groups in total. The van der Waals surface area contributed by atoms with Crippen molar-refractivity contribution >= 4 is 23.2 Å². The number of nitrogens with one attached hydrogen (secondary N) is 1. The molecule has 0 saturated carbocycles. The zero-order chi connectivity index (χ0) is 19.8. The van der Waals surface area contributed by atoms with Crippen LogP contribution >= 0.6 is 11.6 Å². The summed E-state index contributed by atoms with van der Waals surface area (Å²) in [5, 5.41) is 3.12. The zero-order valence-electron chi connectivity index (χ0n) is 15.5. The molecule has 27 heavy (non-hydrogen) atoms. The number of methoxy groups -OCH3 is 3. The quantitative estimate of drug-likeness (QED) is 0.651. The van der Waals surface area contributed by atoms with Crippen molar-refractivity contribution in [3.63, 3.8) is 0 Å². The molecule has 0 aliphatic heterocycles. The van der Waals surface area contributed by atoms with E-state index in [4.69, 9.17) is 30.5 Å². The summed E-state index contributed by atoms with van der Waals surface area (Å²) in [6.07, 6.45) is 2.35.